The van der Waals surface area contributed by atoms with Crippen LogP contribution in [0.5, 0.6) is 5.75 Å². The minimum absolute atomic E-state index is 0.0111. The Kier molecular flexibility index (Phi) is 5.00. The smallest absolute Gasteiger partial charge is 0.296 e. The molecule has 0 atom stereocenters. The number of rotatable bonds is 6. The van der Waals surface area contributed by atoms with Gasteiger partial charge in [0, 0.05) is 11.6 Å². The van der Waals surface area contributed by atoms with Crippen LogP contribution in [0.25, 0.3) is 0 Å². The van der Waals surface area contributed by atoms with Gasteiger partial charge < -0.3 is 10.1 Å². The molecule has 2 rings (SSSR count). The quantitative estimate of drug-likeness (QED) is 0.640. The van der Waals surface area contributed by atoms with E-state index in [4.69, 9.17) is 16.3 Å². The zero-order valence-electron chi connectivity index (χ0n) is 11.5. The number of benzene rings is 2. The van der Waals surface area contributed by atoms with Gasteiger partial charge in [0.15, 0.2) is 0 Å². The molecule has 21 heavy (non-hydrogen) atoms. The molecule has 0 aliphatic rings. The summed E-state index contributed by atoms with van der Waals surface area (Å²) in [5.74, 6) is 0.484. The molecule has 2 aromatic rings. The Morgan fingerprint density at radius 2 is 2.10 bits per heavy atom. The second-order valence-corrected chi connectivity index (χ2v) is 4.79. The molecular weight excluding hydrogens is 292 g/mol. The fourth-order valence-electron chi connectivity index (χ4n) is 1.91. The van der Waals surface area contributed by atoms with Gasteiger partial charge in [0.1, 0.15) is 11.4 Å². The maximum atomic E-state index is 11.1. The van der Waals surface area contributed by atoms with Gasteiger partial charge in [0.25, 0.3) is 5.69 Å². The number of anilines is 1. The number of nitro groups is 1. The van der Waals surface area contributed by atoms with Crippen molar-refractivity contribution < 1.29 is 9.66 Å². The molecule has 1 N–H and O–H groups in total. The van der Waals surface area contributed by atoms with Crippen molar-refractivity contribution in [3.63, 3.8) is 0 Å². The summed E-state index contributed by atoms with van der Waals surface area (Å²) in [7, 11) is 0. The Morgan fingerprint density at radius 3 is 2.76 bits per heavy atom. The summed E-state index contributed by atoms with van der Waals surface area (Å²) in [6.07, 6.45) is 0. The lowest BCUT2D eigenvalue weighted by Gasteiger charge is -2.09. The van der Waals surface area contributed by atoms with Crippen LogP contribution in [0.2, 0.25) is 5.02 Å². The molecule has 2 aromatic carbocycles. The van der Waals surface area contributed by atoms with Crippen LogP contribution in [0.1, 0.15) is 12.5 Å². The van der Waals surface area contributed by atoms with E-state index in [1.54, 1.807) is 18.2 Å². The van der Waals surface area contributed by atoms with Gasteiger partial charge in [-0.1, -0.05) is 23.7 Å². The molecule has 0 saturated heterocycles. The van der Waals surface area contributed by atoms with Crippen LogP contribution in [0.3, 0.4) is 0 Å². The van der Waals surface area contributed by atoms with Crippen molar-refractivity contribution in [2.45, 2.75) is 13.5 Å². The highest BCUT2D eigenvalue weighted by Gasteiger charge is 2.15. The molecule has 0 radical (unpaired) electrons. The lowest BCUT2D eigenvalue weighted by molar-refractivity contribution is -0.384. The van der Waals surface area contributed by atoms with Crippen LogP contribution in [-0.4, -0.2) is 11.5 Å². The van der Waals surface area contributed by atoms with Gasteiger partial charge >= 0.3 is 0 Å². The summed E-state index contributed by atoms with van der Waals surface area (Å²) in [6, 6.07) is 12.1. The van der Waals surface area contributed by atoms with Crippen molar-refractivity contribution in [3.8, 4) is 5.75 Å². The number of nitrogens with one attached hydrogen (secondary N) is 1. The maximum absolute atomic E-state index is 11.1. The van der Waals surface area contributed by atoms with Crippen molar-refractivity contribution in [2.75, 3.05) is 11.9 Å². The molecule has 0 spiro atoms. The maximum Gasteiger partial charge on any atom is 0.296 e. The number of nitro benzene ring substituents is 1. The van der Waals surface area contributed by atoms with E-state index in [-0.39, 0.29) is 5.69 Å². The standard InChI is InChI=1S/C15H15ClN2O3/c1-2-21-13-6-7-14(15(9-13)18(19)20)17-10-11-4-3-5-12(16)8-11/h3-9,17H,2,10H2,1H3. The van der Waals surface area contributed by atoms with Gasteiger partial charge in [0.05, 0.1) is 17.6 Å². The summed E-state index contributed by atoms with van der Waals surface area (Å²) >= 11 is 5.91. The first-order chi connectivity index (χ1) is 10.1. The molecule has 5 nitrogen and oxygen atoms in total. The minimum atomic E-state index is -0.428. The number of halogens is 1. The van der Waals surface area contributed by atoms with Gasteiger partial charge in [-0.25, -0.2) is 0 Å². The number of ether oxygens (including phenoxy) is 1. The largest absolute Gasteiger partial charge is 0.494 e. The lowest BCUT2D eigenvalue weighted by atomic mass is 10.2. The van der Waals surface area contributed by atoms with Crippen LogP contribution in [0, 0.1) is 10.1 Å². The molecule has 0 fully saturated rings. The molecule has 0 amide bonds. The highest BCUT2D eigenvalue weighted by Crippen LogP contribution is 2.29. The molecular formula is C15H15ClN2O3. The lowest BCUT2D eigenvalue weighted by Crippen LogP contribution is -2.03. The fourth-order valence-corrected chi connectivity index (χ4v) is 2.13. The van der Waals surface area contributed by atoms with E-state index in [0.717, 1.165) is 5.56 Å². The van der Waals surface area contributed by atoms with Crippen molar-refractivity contribution in [1.29, 1.82) is 0 Å². The fraction of sp³-hybridized carbons (Fsp3) is 0.200. The Labute approximate surface area is 127 Å². The van der Waals surface area contributed by atoms with E-state index < -0.39 is 4.92 Å². The van der Waals surface area contributed by atoms with Crippen LogP contribution in [-0.2, 0) is 6.54 Å². The second kappa shape index (κ2) is 6.95. The summed E-state index contributed by atoms with van der Waals surface area (Å²) in [5, 5.41) is 14.8. The first-order valence-electron chi connectivity index (χ1n) is 6.49. The SMILES string of the molecule is CCOc1ccc(NCc2cccc(Cl)c2)c([N+](=O)[O-])c1. The van der Waals surface area contributed by atoms with Gasteiger partial charge in [-0.3, -0.25) is 10.1 Å². The molecule has 6 heteroatoms. The minimum Gasteiger partial charge on any atom is -0.494 e. The van der Waals surface area contributed by atoms with E-state index in [2.05, 4.69) is 5.32 Å². The van der Waals surface area contributed by atoms with Crippen LogP contribution in [0.4, 0.5) is 11.4 Å². The monoisotopic (exact) mass is 306 g/mol. The van der Waals surface area contributed by atoms with Gasteiger partial charge in [-0.05, 0) is 36.8 Å². The zero-order valence-corrected chi connectivity index (χ0v) is 12.3. The van der Waals surface area contributed by atoms with E-state index in [0.29, 0.717) is 29.6 Å². The molecule has 0 saturated carbocycles. The molecule has 0 aromatic heterocycles. The predicted molar refractivity (Wildman–Crippen MR) is 83.0 cm³/mol. The average molecular weight is 307 g/mol. The normalized spacial score (nSPS) is 10.2. The molecule has 0 heterocycles. The van der Waals surface area contributed by atoms with Crippen LogP contribution >= 0.6 is 11.6 Å². The summed E-state index contributed by atoms with van der Waals surface area (Å²) in [5.41, 5.74) is 1.39. The number of hydrogen-bond acceptors (Lipinski definition) is 4. The molecule has 0 bridgehead atoms. The topological polar surface area (TPSA) is 64.4 Å². The highest BCUT2D eigenvalue weighted by molar-refractivity contribution is 6.30. The number of nitrogens with zero attached hydrogens (tertiary/aromatic N) is 1. The summed E-state index contributed by atoms with van der Waals surface area (Å²) in [6.45, 7) is 2.75. The van der Waals surface area contributed by atoms with E-state index >= 15 is 0 Å². The number of hydrogen-bond donors (Lipinski definition) is 1. The first-order valence-corrected chi connectivity index (χ1v) is 6.87. The van der Waals surface area contributed by atoms with Gasteiger partial charge in [0.2, 0.25) is 0 Å². The molecule has 110 valence electrons. The van der Waals surface area contributed by atoms with Crippen LogP contribution < -0.4 is 10.1 Å². The Morgan fingerprint density at radius 1 is 1.29 bits per heavy atom. The van der Waals surface area contributed by atoms with Gasteiger partial charge in [-0.15, -0.1) is 0 Å². The molecule has 0 aliphatic carbocycles. The van der Waals surface area contributed by atoms with Crippen molar-refractivity contribution in [1.82, 2.24) is 0 Å². The van der Waals surface area contributed by atoms with E-state index in [1.165, 1.54) is 6.07 Å². The van der Waals surface area contributed by atoms with Gasteiger partial charge in [-0.2, -0.15) is 0 Å². The van der Waals surface area contributed by atoms with E-state index in [1.807, 2.05) is 25.1 Å². The van der Waals surface area contributed by atoms with Crippen LogP contribution in [0.15, 0.2) is 42.5 Å². The molecule has 0 unspecified atom stereocenters. The third-order valence-corrected chi connectivity index (χ3v) is 3.08. The Bertz CT molecular complexity index is 647. The first kappa shape index (κ1) is 15.1. The van der Waals surface area contributed by atoms with Crippen molar-refractivity contribution in [3.05, 3.63) is 63.2 Å². The zero-order chi connectivity index (χ0) is 15.2. The third kappa shape index (κ3) is 4.10. The van der Waals surface area contributed by atoms with E-state index in [9.17, 15) is 10.1 Å². The Hall–Kier alpha value is -2.27. The third-order valence-electron chi connectivity index (χ3n) is 2.85. The van der Waals surface area contributed by atoms with Crippen molar-refractivity contribution in [2.24, 2.45) is 0 Å². The highest BCUT2D eigenvalue weighted by atomic mass is 35.5. The van der Waals surface area contributed by atoms with Crippen molar-refractivity contribution >= 4 is 23.0 Å². The Balaban J connectivity index is 2.17. The summed E-state index contributed by atoms with van der Waals surface area (Å²) in [4.78, 5) is 10.7. The predicted octanol–water partition coefficient (Wildman–Crippen LogP) is 4.26. The second-order valence-electron chi connectivity index (χ2n) is 4.35. The molecule has 0 aliphatic heterocycles. The average Bonchev–Trinajstić information content (AvgIpc) is 2.46. The summed E-state index contributed by atoms with van der Waals surface area (Å²) < 4.78 is 5.28.